The molecule has 0 heterocycles. The minimum absolute atomic E-state index is 0.106. The van der Waals surface area contributed by atoms with Gasteiger partial charge in [0.1, 0.15) is 11.5 Å². The molecule has 0 spiro atoms. The predicted molar refractivity (Wildman–Crippen MR) is 89.9 cm³/mol. The molecule has 0 atom stereocenters. The molecular formula is C19H22O3. The number of rotatable bonds is 6. The molecule has 116 valence electrons. The highest BCUT2D eigenvalue weighted by Crippen LogP contribution is 2.25. The fourth-order valence-corrected chi connectivity index (χ4v) is 2.34. The maximum absolute atomic E-state index is 9.77. The number of hydrogen-bond donors (Lipinski definition) is 2. The van der Waals surface area contributed by atoms with Gasteiger partial charge in [-0.1, -0.05) is 49.8 Å². The third-order valence-corrected chi connectivity index (χ3v) is 3.57. The summed E-state index contributed by atoms with van der Waals surface area (Å²) >= 11 is 0. The van der Waals surface area contributed by atoms with Gasteiger partial charge in [-0.3, -0.25) is 0 Å². The molecule has 0 radical (unpaired) electrons. The lowest BCUT2D eigenvalue weighted by molar-refractivity contribution is 0.275. The zero-order valence-corrected chi connectivity index (χ0v) is 13.0. The predicted octanol–water partition coefficient (Wildman–Crippen LogP) is 4.02. The number of aryl methyl sites for hydroxylation is 1. The van der Waals surface area contributed by atoms with Gasteiger partial charge in [0.2, 0.25) is 0 Å². The number of ether oxygens (including phenoxy) is 1. The summed E-state index contributed by atoms with van der Waals surface area (Å²) in [6.45, 7) is 1.99. The Kier molecular flexibility index (Phi) is 5.61. The molecule has 3 heteroatoms. The van der Waals surface area contributed by atoms with Gasteiger partial charge in [-0.25, -0.2) is 0 Å². The van der Waals surface area contributed by atoms with E-state index in [0.29, 0.717) is 5.56 Å². The van der Waals surface area contributed by atoms with Gasteiger partial charge in [0.15, 0.2) is 0 Å². The maximum Gasteiger partial charge on any atom is 0.126 e. The Balaban J connectivity index is 2.24. The van der Waals surface area contributed by atoms with E-state index in [1.165, 1.54) is 5.56 Å². The van der Waals surface area contributed by atoms with E-state index in [1.54, 1.807) is 19.2 Å². The molecule has 0 aliphatic rings. The van der Waals surface area contributed by atoms with Crippen molar-refractivity contribution in [3.63, 3.8) is 0 Å². The van der Waals surface area contributed by atoms with Gasteiger partial charge in [-0.2, -0.15) is 0 Å². The van der Waals surface area contributed by atoms with Crippen LogP contribution in [0.25, 0.3) is 12.2 Å². The Hall–Kier alpha value is -2.26. The van der Waals surface area contributed by atoms with Gasteiger partial charge in [0, 0.05) is 11.1 Å². The summed E-state index contributed by atoms with van der Waals surface area (Å²) in [7, 11) is 1.67. The molecule has 0 saturated carbocycles. The van der Waals surface area contributed by atoms with Crippen molar-refractivity contribution >= 4 is 12.2 Å². The average molecular weight is 298 g/mol. The van der Waals surface area contributed by atoms with Gasteiger partial charge in [0.25, 0.3) is 0 Å². The lowest BCUT2D eigenvalue weighted by Gasteiger charge is -2.08. The molecule has 22 heavy (non-hydrogen) atoms. The van der Waals surface area contributed by atoms with Crippen molar-refractivity contribution in [1.82, 2.24) is 0 Å². The quantitative estimate of drug-likeness (QED) is 0.792. The third kappa shape index (κ3) is 3.89. The Morgan fingerprint density at radius 1 is 1.09 bits per heavy atom. The number of aliphatic hydroxyl groups excluding tert-OH is 1. The molecule has 0 saturated heterocycles. The Labute approximate surface area is 131 Å². The molecule has 0 aliphatic heterocycles. The van der Waals surface area contributed by atoms with Crippen molar-refractivity contribution in [3.8, 4) is 11.5 Å². The van der Waals surface area contributed by atoms with Crippen LogP contribution in [0.1, 0.15) is 35.6 Å². The minimum Gasteiger partial charge on any atom is -0.508 e. The number of phenols is 1. The fraction of sp³-hybridized carbons (Fsp3) is 0.263. The zero-order valence-electron chi connectivity index (χ0n) is 13.0. The van der Waals surface area contributed by atoms with Crippen LogP contribution >= 0.6 is 0 Å². The van der Waals surface area contributed by atoms with Crippen molar-refractivity contribution in [2.24, 2.45) is 0 Å². The van der Waals surface area contributed by atoms with E-state index in [-0.39, 0.29) is 12.4 Å². The minimum atomic E-state index is -0.164. The summed E-state index contributed by atoms with van der Waals surface area (Å²) in [5.74, 6) is 0.952. The van der Waals surface area contributed by atoms with Crippen LogP contribution in [0.4, 0.5) is 0 Å². The lowest BCUT2D eigenvalue weighted by atomic mass is 10.0. The van der Waals surface area contributed by atoms with Crippen LogP contribution in [0.15, 0.2) is 36.4 Å². The molecule has 0 aliphatic carbocycles. The third-order valence-electron chi connectivity index (χ3n) is 3.57. The van der Waals surface area contributed by atoms with Gasteiger partial charge in [0.05, 0.1) is 13.7 Å². The summed E-state index contributed by atoms with van der Waals surface area (Å²) in [6.07, 6.45) is 6.02. The van der Waals surface area contributed by atoms with E-state index < -0.39 is 0 Å². The SMILES string of the molecule is CCCc1ccc(/C=C/c2ccc(CO)c(O)c2)c(OC)c1. The van der Waals surface area contributed by atoms with Gasteiger partial charge in [-0.05, 0) is 29.7 Å². The van der Waals surface area contributed by atoms with Crippen molar-refractivity contribution in [1.29, 1.82) is 0 Å². The van der Waals surface area contributed by atoms with E-state index in [9.17, 15) is 5.11 Å². The van der Waals surface area contributed by atoms with E-state index in [4.69, 9.17) is 9.84 Å². The van der Waals surface area contributed by atoms with Gasteiger partial charge < -0.3 is 14.9 Å². The standard InChI is InChI=1S/C19H22O3/c1-3-4-14-5-8-16(19(12-14)22-2)9-6-15-7-10-17(13-20)18(21)11-15/h5-12,20-21H,3-4,13H2,1-2H3/b9-6+. The first-order chi connectivity index (χ1) is 10.7. The fourth-order valence-electron chi connectivity index (χ4n) is 2.34. The zero-order chi connectivity index (χ0) is 15.9. The maximum atomic E-state index is 9.77. The summed E-state index contributed by atoms with van der Waals surface area (Å²) in [5.41, 5.74) is 3.66. The van der Waals surface area contributed by atoms with E-state index in [1.807, 2.05) is 24.3 Å². The molecule has 2 N–H and O–H groups in total. The number of aliphatic hydroxyl groups is 1. The highest BCUT2D eigenvalue weighted by Gasteiger charge is 2.03. The lowest BCUT2D eigenvalue weighted by Crippen LogP contribution is -1.90. The molecule has 0 aromatic heterocycles. The first kappa shape index (κ1) is 16.1. The smallest absolute Gasteiger partial charge is 0.126 e. The summed E-state index contributed by atoms with van der Waals surface area (Å²) in [6, 6.07) is 11.4. The molecule has 0 unspecified atom stereocenters. The molecular weight excluding hydrogens is 276 g/mol. The molecule has 3 nitrogen and oxygen atoms in total. The Bertz CT molecular complexity index is 660. The summed E-state index contributed by atoms with van der Waals surface area (Å²) in [5, 5.41) is 18.8. The number of benzene rings is 2. The van der Waals surface area contributed by atoms with Crippen molar-refractivity contribution in [2.45, 2.75) is 26.4 Å². The average Bonchev–Trinajstić information content (AvgIpc) is 2.54. The summed E-state index contributed by atoms with van der Waals surface area (Å²) in [4.78, 5) is 0. The monoisotopic (exact) mass is 298 g/mol. The Morgan fingerprint density at radius 3 is 2.55 bits per heavy atom. The molecule has 0 bridgehead atoms. The summed E-state index contributed by atoms with van der Waals surface area (Å²) < 4.78 is 5.45. The number of hydrogen-bond acceptors (Lipinski definition) is 3. The molecule has 2 rings (SSSR count). The van der Waals surface area contributed by atoms with Crippen LogP contribution in [0.2, 0.25) is 0 Å². The van der Waals surface area contributed by atoms with Crippen molar-refractivity contribution in [2.75, 3.05) is 7.11 Å². The van der Waals surface area contributed by atoms with Gasteiger partial charge in [-0.15, -0.1) is 0 Å². The topological polar surface area (TPSA) is 49.7 Å². The molecule has 2 aromatic carbocycles. The second-order valence-electron chi connectivity index (χ2n) is 5.21. The first-order valence-electron chi connectivity index (χ1n) is 7.45. The number of aromatic hydroxyl groups is 1. The van der Waals surface area contributed by atoms with Crippen molar-refractivity contribution in [3.05, 3.63) is 58.7 Å². The number of methoxy groups -OCH3 is 1. The largest absolute Gasteiger partial charge is 0.508 e. The first-order valence-corrected chi connectivity index (χ1v) is 7.45. The van der Waals surface area contributed by atoms with Crippen LogP contribution in [0, 0.1) is 0 Å². The van der Waals surface area contributed by atoms with Crippen LogP contribution in [0.5, 0.6) is 11.5 Å². The molecule has 0 amide bonds. The van der Waals surface area contributed by atoms with Gasteiger partial charge >= 0.3 is 0 Å². The normalized spacial score (nSPS) is 11.0. The van der Waals surface area contributed by atoms with E-state index in [2.05, 4.69) is 19.1 Å². The van der Waals surface area contributed by atoms with Crippen LogP contribution in [-0.2, 0) is 13.0 Å². The second-order valence-corrected chi connectivity index (χ2v) is 5.21. The molecule has 0 fully saturated rings. The van der Waals surface area contributed by atoms with Crippen LogP contribution in [0.3, 0.4) is 0 Å². The highest BCUT2D eigenvalue weighted by molar-refractivity contribution is 5.73. The van der Waals surface area contributed by atoms with Crippen LogP contribution < -0.4 is 4.74 Å². The second kappa shape index (κ2) is 7.66. The van der Waals surface area contributed by atoms with Crippen LogP contribution in [-0.4, -0.2) is 17.3 Å². The van der Waals surface area contributed by atoms with Crippen molar-refractivity contribution < 1.29 is 14.9 Å². The van der Waals surface area contributed by atoms with E-state index in [0.717, 1.165) is 29.7 Å². The Morgan fingerprint density at radius 2 is 1.91 bits per heavy atom. The molecule has 2 aromatic rings. The van der Waals surface area contributed by atoms with E-state index >= 15 is 0 Å². The highest BCUT2D eigenvalue weighted by atomic mass is 16.5.